The number of aromatic nitrogens is 2. The molecular formula is C14H17ClN4S. The van der Waals surface area contributed by atoms with Crippen LogP contribution in [-0.4, -0.2) is 22.8 Å². The summed E-state index contributed by atoms with van der Waals surface area (Å²) in [5.41, 5.74) is 1.99. The summed E-state index contributed by atoms with van der Waals surface area (Å²) >= 11 is 7.70. The monoisotopic (exact) mass is 308 g/mol. The van der Waals surface area contributed by atoms with Crippen LogP contribution in [0.4, 0.5) is 17.3 Å². The van der Waals surface area contributed by atoms with Crippen LogP contribution in [0, 0.1) is 6.92 Å². The first kappa shape index (κ1) is 14.9. The minimum atomic E-state index is 0.671. The third-order valence-corrected chi connectivity index (χ3v) is 3.51. The Hall–Kier alpha value is -1.46. The van der Waals surface area contributed by atoms with Gasteiger partial charge in [-0.2, -0.15) is 0 Å². The average molecular weight is 309 g/mol. The second-order valence-corrected chi connectivity index (χ2v) is 5.44. The molecule has 0 aliphatic rings. The van der Waals surface area contributed by atoms with E-state index in [-0.39, 0.29) is 0 Å². The van der Waals surface area contributed by atoms with Gasteiger partial charge in [0.15, 0.2) is 5.16 Å². The molecule has 106 valence electrons. The van der Waals surface area contributed by atoms with Gasteiger partial charge in [0, 0.05) is 12.6 Å². The molecule has 6 heteroatoms. The summed E-state index contributed by atoms with van der Waals surface area (Å²) in [7, 11) is 0. The van der Waals surface area contributed by atoms with E-state index in [4.69, 9.17) is 11.6 Å². The van der Waals surface area contributed by atoms with E-state index < -0.39 is 0 Å². The molecule has 0 spiro atoms. The van der Waals surface area contributed by atoms with Crippen LogP contribution in [0.1, 0.15) is 12.5 Å². The molecule has 1 aromatic heterocycles. The topological polar surface area (TPSA) is 49.8 Å². The van der Waals surface area contributed by atoms with Gasteiger partial charge in [0.05, 0.1) is 10.7 Å². The van der Waals surface area contributed by atoms with Gasteiger partial charge in [-0.15, -0.1) is 0 Å². The molecule has 4 nitrogen and oxygen atoms in total. The van der Waals surface area contributed by atoms with Crippen molar-refractivity contribution in [1.82, 2.24) is 9.97 Å². The van der Waals surface area contributed by atoms with Crippen molar-refractivity contribution < 1.29 is 0 Å². The first-order chi connectivity index (χ1) is 9.62. The van der Waals surface area contributed by atoms with Crippen molar-refractivity contribution in [3.05, 3.63) is 34.9 Å². The summed E-state index contributed by atoms with van der Waals surface area (Å²) in [5.74, 6) is 1.53. The molecule has 0 saturated heterocycles. The van der Waals surface area contributed by atoms with Gasteiger partial charge in [-0.25, -0.2) is 9.97 Å². The Bertz CT molecular complexity index is 604. The highest BCUT2D eigenvalue weighted by Crippen LogP contribution is 2.27. The number of thioether (sulfide) groups is 1. The Morgan fingerprint density at radius 1 is 1.20 bits per heavy atom. The molecule has 2 N–H and O–H groups in total. The fourth-order valence-electron chi connectivity index (χ4n) is 1.73. The zero-order valence-corrected chi connectivity index (χ0v) is 13.3. The fourth-order valence-corrected chi connectivity index (χ4v) is 2.27. The second kappa shape index (κ2) is 6.81. The molecule has 2 aromatic rings. The smallest absolute Gasteiger partial charge is 0.191 e. The van der Waals surface area contributed by atoms with Crippen LogP contribution in [0.3, 0.4) is 0 Å². The minimum Gasteiger partial charge on any atom is -0.370 e. The normalized spacial score (nSPS) is 10.4. The maximum absolute atomic E-state index is 6.19. The minimum absolute atomic E-state index is 0.671. The van der Waals surface area contributed by atoms with E-state index in [1.807, 2.05) is 44.4 Å². The highest BCUT2D eigenvalue weighted by Gasteiger charge is 2.06. The zero-order valence-electron chi connectivity index (χ0n) is 11.7. The van der Waals surface area contributed by atoms with Gasteiger partial charge in [0.1, 0.15) is 11.6 Å². The number of rotatable bonds is 5. The lowest BCUT2D eigenvalue weighted by Gasteiger charge is -2.11. The maximum atomic E-state index is 6.19. The lowest BCUT2D eigenvalue weighted by Crippen LogP contribution is -2.04. The number of nitrogens with zero attached hydrogens (tertiary/aromatic N) is 2. The van der Waals surface area contributed by atoms with E-state index in [9.17, 15) is 0 Å². The Morgan fingerprint density at radius 2 is 1.95 bits per heavy atom. The van der Waals surface area contributed by atoms with E-state index in [1.165, 1.54) is 11.8 Å². The van der Waals surface area contributed by atoms with Crippen molar-refractivity contribution in [1.29, 1.82) is 0 Å². The third-order valence-electron chi connectivity index (χ3n) is 2.63. The number of nitrogens with one attached hydrogen (secondary N) is 2. The van der Waals surface area contributed by atoms with E-state index in [2.05, 4.69) is 20.6 Å². The van der Waals surface area contributed by atoms with Gasteiger partial charge in [0.25, 0.3) is 0 Å². The first-order valence-corrected chi connectivity index (χ1v) is 7.92. The number of anilines is 3. The van der Waals surface area contributed by atoms with Crippen molar-refractivity contribution in [3.63, 3.8) is 0 Å². The van der Waals surface area contributed by atoms with Crippen molar-refractivity contribution in [2.24, 2.45) is 0 Å². The second-order valence-electron chi connectivity index (χ2n) is 4.26. The number of hydrogen-bond acceptors (Lipinski definition) is 5. The summed E-state index contributed by atoms with van der Waals surface area (Å²) in [6, 6.07) is 7.73. The zero-order chi connectivity index (χ0) is 14.5. The predicted octanol–water partition coefficient (Wildman–Crippen LogP) is 4.34. The number of benzene rings is 1. The van der Waals surface area contributed by atoms with E-state index >= 15 is 0 Å². The van der Waals surface area contributed by atoms with Crippen LogP contribution < -0.4 is 10.6 Å². The molecule has 1 aromatic carbocycles. The summed E-state index contributed by atoms with van der Waals surface area (Å²) < 4.78 is 0. The number of halogens is 1. The van der Waals surface area contributed by atoms with Crippen LogP contribution in [-0.2, 0) is 0 Å². The molecule has 0 aliphatic carbocycles. The molecule has 0 bridgehead atoms. The van der Waals surface area contributed by atoms with Crippen molar-refractivity contribution >= 4 is 40.7 Å². The fraction of sp³-hybridized carbons (Fsp3) is 0.286. The molecule has 0 fully saturated rings. The van der Waals surface area contributed by atoms with Crippen LogP contribution in [0.2, 0.25) is 5.02 Å². The van der Waals surface area contributed by atoms with Gasteiger partial charge < -0.3 is 10.6 Å². The summed E-state index contributed by atoms with van der Waals surface area (Å²) in [6.45, 7) is 4.87. The van der Waals surface area contributed by atoms with E-state index in [0.717, 1.165) is 34.6 Å². The highest BCUT2D eigenvalue weighted by atomic mass is 35.5. The molecule has 20 heavy (non-hydrogen) atoms. The van der Waals surface area contributed by atoms with Gasteiger partial charge in [0.2, 0.25) is 0 Å². The molecule has 0 saturated carbocycles. The molecule has 0 unspecified atom stereocenters. The van der Waals surface area contributed by atoms with Crippen LogP contribution >= 0.6 is 23.4 Å². The standard InChI is InChI=1S/C14H17ClN4S/c1-4-16-12-8-13(19-14(18-12)20-3)17-11-7-9(2)5-6-10(11)15/h5-8H,4H2,1-3H3,(H2,16,17,18,19). The first-order valence-electron chi connectivity index (χ1n) is 6.32. The van der Waals surface area contributed by atoms with Gasteiger partial charge in [-0.05, 0) is 37.8 Å². The van der Waals surface area contributed by atoms with Gasteiger partial charge >= 0.3 is 0 Å². The predicted molar refractivity (Wildman–Crippen MR) is 87.4 cm³/mol. The Kier molecular flexibility index (Phi) is 5.09. The Balaban J connectivity index is 2.32. The van der Waals surface area contributed by atoms with Gasteiger partial charge in [-0.3, -0.25) is 0 Å². The van der Waals surface area contributed by atoms with Crippen LogP contribution in [0.25, 0.3) is 0 Å². The third kappa shape index (κ3) is 3.77. The van der Waals surface area contributed by atoms with Gasteiger partial charge in [-0.1, -0.05) is 29.4 Å². The molecule has 1 heterocycles. The highest BCUT2D eigenvalue weighted by molar-refractivity contribution is 7.98. The number of aryl methyl sites for hydroxylation is 1. The van der Waals surface area contributed by atoms with Crippen molar-refractivity contribution in [2.45, 2.75) is 19.0 Å². The molecule has 0 aliphatic heterocycles. The molecular weight excluding hydrogens is 292 g/mol. The van der Waals surface area contributed by atoms with E-state index in [0.29, 0.717) is 5.02 Å². The van der Waals surface area contributed by atoms with Crippen molar-refractivity contribution in [2.75, 3.05) is 23.4 Å². The molecule has 0 amide bonds. The molecule has 2 rings (SSSR count). The number of hydrogen-bond donors (Lipinski definition) is 2. The van der Waals surface area contributed by atoms with Crippen LogP contribution in [0.15, 0.2) is 29.4 Å². The average Bonchev–Trinajstić information content (AvgIpc) is 2.43. The lowest BCUT2D eigenvalue weighted by atomic mass is 10.2. The van der Waals surface area contributed by atoms with Crippen LogP contribution in [0.5, 0.6) is 0 Å². The molecule has 0 radical (unpaired) electrons. The summed E-state index contributed by atoms with van der Waals surface area (Å²) in [6.07, 6.45) is 1.95. The largest absolute Gasteiger partial charge is 0.370 e. The van der Waals surface area contributed by atoms with Crippen molar-refractivity contribution in [3.8, 4) is 0 Å². The quantitative estimate of drug-likeness (QED) is 0.636. The Labute approximate surface area is 128 Å². The summed E-state index contributed by atoms with van der Waals surface area (Å²) in [4.78, 5) is 8.83. The Morgan fingerprint density at radius 3 is 2.65 bits per heavy atom. The molecule has 0 atom stereocenters. The lowest BCUT2D eigenvalue weighted by molar-refractivity contribution is 0.967. The SMILES string of the molecule is CCNc1cc(Nc2cc(C)ccc2Cl)nc(SC)n1. The summed E-state index contributed by atoms with van der Waals surface area (Å²) in [5, 5.41) is 7.84. The maximum Gasteiger partial charge on any atom is 0.191 e. The van der Waals surface area contributed by atoms with E-state index in [1.54, 1.807) is 0 Å².